The maximum Gasteiger partial charge on any atom is 0.416 e. The summed E-state index contributed by atoms with van der Waals surface area (Å²) in [5.74, 6) is -1.12. The van der Waals surface area contributed by atoms with Gasteiger partial charge in [-0.2, -0.15) is 17.6 Å². The minimum atomic E-state index is -4.41. The Morgan fingerprint density at radius 1 is 0.909 bits per heavy atom. The summed E-state index contributed by atoms with van der Waals surface area (Å²) in [5.41, 5.74) is 0.527. The Hall–Kier alpha value is -3.57. The third kappa shape index (κ3) is 6.96. The van der Waals surface area contributed by atoms with E-state index in [4.69, 9.17) is 5.41 Å². The summed E-state index contributed by atoms with van der Waals surface area (Å²) < 4.78 is 65.9. The van der Waals surface area contributed by atoms with Gasteiger partial charge in [0.05, 0.1) is 10.5 Å². The molecule has 1 atom stereocenters. The number of benzene rings is 3. The van der Waals surface area contributed by atoms with E-state index in [9.17, 15) is 26.6 Å². The predicted molar refractivity (Wildman–Crippen MR) is 118 cm³/mol. The van der Waals surface area contributed by atoms with Crippen LogP contribution in [0, 0.1) is 5.41 Å². The second kappa shape index (κ2) is 10.4. The van der Waals surface area contributed by atoms with Crippen molar-refractivity contribution in [1.29, 1.82) is 5.41 Å². The minimum Gasteiger partial charge on any atom is -0.308 e. The van der Waals surface area contributed by atoms with Crippen molar-refractivity contribution in [3.05, 3.63) is 89.5 Å². The van der Waals surface area contributed by atoms with E-state index in [1.807, 2.05) is 0 Å². The number of hydrogen-bond donors (Lipinski definition) is 4. The first kappa shape index (κ1) is 24.1. The molecule has 0 fully saturated rings. The first-order valence-electron chi connectivity index (χ1n) is 9.46. The zero-order valence-electron chi connectivity index (χ0n) is 16.9. The van der Waals surface area contributed by atoms with Gasteiger partial charge in [-0.15, -0.1) is 0 Å². The average Bonchev–Trinajstić information content (AvgIpc) is 2.77. The molecule has 172 valence electrons. The number of rotatable bonds is 7. The molecule has 6 nitrogen and oxygen atoms in total. The van der Waals surface area contributed by atoms with Crippen LogP contribution in [0.25, 0.3) is 0 Å². The summed E-state index contributed by atoms with van der Waals surface area (Å²) in [6, 6.07) is 15.8. The fraction of sp³-hybridized carbons (Fsp3) is 0.0909. The SMILES string of the molecule is N=C(F)c1cccc(NC(=O)Nc2ccc(S(=O)NCc3ccc(C(F)(F)F)cc3)cc2)c1. The lowest BCUT2D eigenvalue weighted by Gasteiger charge is -2.10. The number of halogens is 4. The van der Waals surface area contributed by atoms with Crippen LogP contribution < -0.4 is 15.4 Å². The molecule has 0 saturated heterocycles. The van der Waals surface area contributed by atoms with Gasteiger partial charge in [-0.3, -0.25) is 5.41 Å². The molecular formula is C22H18F4N4O2S. The highest BCUT2D eigenvalue weighted by molar-refractivity contribution is 7.83. The molecule has 3 aromatic rings. The first-order valence-corrected chi connectivity index (χ1v) is 10.6. The number of hydrogen-bond acceptors (Lipinski definition) is 3. The average molecular weight is 478 g/mol. The first-order chi connectivity index (χ1) is 15.6. The number of urea groups is 1. The van der Waals surface area contributed by atoms with Gasteiger partial charge in [0, 0.05) is 23.5 Å². The molecule has 0 spiro atoms. The van der Waals surface area contributed by atoms with Crippen LogP contribution in [0.15, 0.2) is 77.7 Å². The maximum absolute atomic E-state index is 13.0. The standard InChI is InChI=1S/C22H18F4N4O2S/c23-20(27)15-2-1-3-18(12-15)30-21(31)29-17-8-10-19(11-9-17)33(32)28-13-14-4-6-16(7-5-14)22(24,25)26/h1-12,27-28H,13H2,(H2,29,30,31). The van der Waals surface area contributed by atoms with Crippen LogP contribution in [0.5, 0.6) is 0 Å². The normalized spacial score (nSPS) is 12.1. The van der Waals surface area contributed by atoms with Crippen LogP contribution in [0.1, 0.15) is 16.7 Å². The van der Waals surface area contributed by atoms with Crippen molar-refractivity contribution < 1.29 is 26.6 Å². The second-order valence-electron chi connectivity index (χ2n) is 6.78. The predicted octanol–water partition coefficient (Wildman–Crippen LogP) is 5.46. The molecule has 0 saturated carbocycles. The van der Waals surface area contributed by atoms with Crippen molar-refractivity contribution in [3.8, 4) is 0 Å². The van der Waals surface area contributed by atoms with Crippen LogP contribution in [0.4, 0.5) is 33.7 Å². The van der Waals surface area contributed by atoms with E-state index < -0.39 is 34.7 Å². The summed E-state index contributed by atoms with van der Waals surface area (Å²) in [6.07, 6.45) is -4.41. The van der Waals surface area contributed by atoms with E-state index in [0.29, 0.717) is 21.8 Å². The molecule has 4 N–H and O–H groups in total. The minimum absolute atomic E-state index is 0.0310. The number of carbonyl (C=O) groups excluding carboxylic acids is 1. The number of carbonyl (C=O) groups is 1. The highest BCUT2D eigenvalue weighted by Crippen LogP contribution is 2.29. The van der Waals surface area contributed by atoms with Gasteiger partial charge in [-0.25, -0.2) is 13.7 Å². The molecule has 3 aromatic carbocycles. The van der Waals surface area contributed by atoms with E-state index >= 15 is 0 Å². The number of alkyl halides is 3. The van der Waals surface area contributed by atoms with Gasteiger partial charge in [0.15, 0.2) is 0 Å². The third-order valence-corrected chi connectivity index (χ3v) is 5.50. The van der Waals surface area contributed by atoms with Gasteiger partial charge in [-0.1, -0.05) is 24.3 Å². The fourth-order valence-corrected chi connectivity index (χ4v) is 3.58. The monoisotopic (exact) mass is 478 g/mol. The molecule has 33 heavy (non-hydrogen) atoms. The fourth-order valence-electron chi connectivity index (χ4n) is 2.73. The summed E-state index contributed by atoms with van der Waals surface area (Å²) in [6.45, 7) is 0.0998. The van der Waals surface area contributed by atoms with Crippen molar-refractivity contribution in [2.24, 2.45) is 0 Å². The van der Waals surface area contributed by atoms with Crippen LogP contribution in [-0.2, 0) is 23.7 Å². The molecule has 2 amide bonds. The molecule has 0 aliphatic rings. The van der Waals surface area contributed by atoms with E-state index in [2.05, 4.69) is 15.4 Å². The number of nitrogens with one attached hydrogen (secondary N) is 4. The maximum atomic E-state index is 13.0. The highest BCUT2D eigenvalue weighted by Gasteiger charge is 2.29. The number of anilines is 2. The van der Waals surface area contributed by atoms with Crippen molar-refractivity contribution in [2.45, 2.75) is 17.6 Å². The molecule has 0 bridgehead atoms. The smallest absolute Gasteiger partial charge is 0.308 e. The molecule has 1 unspecified atom stereocenters. The Kier molecular flexibility index (Phi) is 7.56. The van der Waals surface area contributed by atoms with Crippen molar-refractivity contribution in [1.82, 2.24) is 4.72 Å². The largest absolute Gasteiger partial charge is 0.416 e. The lowest BCUT2D eigenvalue weighted by atomic mass is 10.1. The van der Waals surface area contributed by atoms with Crippen LogP contribution >= 0.6 is 0 Å². The lowest BCUT2D eigenvalue weighted by molar-refractivity contribution is -0.137. The zero-order chi connectivity index (χ0) is 24.0. The quantitative estimate of drug-likeness (QED) is 0.268. The summed E-state index contributed by atoms with van der Waals surface area (Å²) in [4.78, 5) is 12.5. The highest BCUT2D eigenvalue weighted by atomic mass is 32.2. The topological polar surface area (TPSA) is 94.1 Å². The van der Waals surface area contributed by atoms with Gasteiger partial charge in [0.25, 0.3) is 0 Å². The molecule has 11 heteroatoms. The second-order valence-corrected chi connectivity index (χ2v) is 8.08. The molecule has 3 rings (SSSR count). The zero-order valence-corrected chi connectivity index (χ0v) is 17.7. The van der Waals surface area contributed by atoms with E-state index in [0.717, 1.165) is 12.1 Å². The summed E-state index contributed by atoms with van der Waals surface area (Å²) in [7, 11) is -1.62. The third-order valence-electron chi connectivity index (χ3n) is 4.39. The van der Waals surface area contributed by atoms with Crippen molar-refractivity contribution >= 4 is 34.4 Å². The van der Waals surface area contributed by atoms with Crippen molar-refractivity contribution in [2.75, 3.05) is 10.6 Å². The van der Waals surface area contributed by atoms with E-state index in [1.165, 1.54) is 54.6 Å². The Bertz CT molecular complexity index is 1170. The van der Waals surface area contributed by atoms with Crippen LogP contribution in [-0.4, -0.2) is 16.2 Å². The summed E-state index contributed by atoms with van der Waals surface area (Å²) in [5, 5.41) is 12.1. The number of amides is 2. The molecule has 0 aliphatic carbocycles. The Labute approximate surface area is 189 Å². The van der Waals surface area contributed by atoms with Gasteiger partial charge < -0.3 is 10.6 Å². The lowest BCUT2D eigenvalue weighted by Crippen LogP contribution is -2.20. The van der Waals surface area contributed by atoms with Gasteiger partial charge in [-0.05, 0) is 54.1 Å². The van der Waals surface area contributed by atoms with Crippen molar-refractivity contribution in [3.63, 3.8) is 0 Å². The Balaban J connectivity index is 1.53. The Morgan fingerprint density at radius 2 is 1.55 bits per heavy atom. The molecule has 0 aliphatic heterocycles. The van der Waals surface area contributed by atoms with Crippen LogP contribution in [0.2, 0.25) is 0 Å². The van der Waals surface area contributed by atoms with Gasteiger partial charge in [0.1, 0.15) is 11.0 Å². The summed E-state index contributed by atoms with van der Waals surface area (Å²) >= 11 is 0. The molecule has 0 aromatic heterocycles. The van der Waals surface area contributed by atoms with E-state index in [-0.39, 0.29) is 12.1 Å². The molecular weight excluding hydrogens is 460 g/mol. The molecule has 0 radical (unpaired) electrons. The Morgan fingerprint density at radius 3 is 2.15 bits per heavy atom. The van der Waals surface area contributed by atoms with Gasteiger partial charge in [0.2, 0.25) is 5.97 Å². The molecule has 0 heterocycles. The van der Waals surface area contributed by atoms with Gasteiger partial charge >= 0.3 is 12.2 Å². The van der Waals surface area contributed by atoms with Crippen LogP contribution in [0.3, 0.4) is 0 Å². The van der Waals surface area contributed by atoms with E-state index in [1.54, 1.807) is 6.07 Å².